The Morgan fingerprint density at radius 1 is 1.10 bits per heavy atom. The molecule has 2 fully saturated rings. The van der Waals surface area contributed by atoms with Gasteiger partial charge in [-0.05, 0) is 70.6 Å². The summed E-state index contributed by atoms with van der Waals surface area (Å²) in [6.45, 7) is 17.0. The van der Waals surface area contributed by atoms with Crippen LogP contribution >= 0.6 is 0 Å². The number of ether oxygens (including phenoxy) is 1. The molecule has 5 nitrogen and oxygen atoms in total. The maximum atomic E-state index is 11.7. The second kappa shape index (κ2) is 9.42. The van der Waals surface area contributed by atoms with E-state index in [0.717, 1.165) is 55.5 Å². The van der Waals surface area contributed by atoms with Crippen molar-refractivity contribution in [3.63, 3.8) is 0 Å². The Kier molecular flexibility index (Phi) is 7.47. The lowest BCUT2D eigenvalue weighted by molar-refractivity contribution is 0.00578. The van der Waals surface area contributed by atoms with Crippen molar-refractivity contribution in [2.45, 2.75) is 103 Å². The van der Waals surface area contributed by atoms with Crippen LogP contribution in [-0.4, -0.2) is 49.2 Å². The molecule has 2 atom stereocenters. The van der Waals surface area contributed by atoms with Crippen molar-refractivity contribution in [2.75, 3.05) is 24.7 Å². The van der Waals surface area contributed by atoms with Gasteiger partial charge in [0.05, 0.1) is 30.0 Å². The molecule has 1 N–H and O–H groups in total. The highest BCUT2D eigenvalue weighted by Gasteiger charge is 2.52. The largest absolute Gasteiger partial charge is 0.494 e. The fourth-order valence-corrected chi connectivity index (χ4v) is 4.49. The second-order valence-electron chi connectivity index (χ2n) is 10.4. The van der Waals surface area contributed by atoms with Crippen molar-refractivity contribution in [1.82, 2.24) is 0 Å². The minimum Gasteiger partial charge on any atom is -0.399 e. The molecule has 31 heavy (non-hydrogen) atoms. The molecule has 3 rings (SSSR count). The van der Waals surface area contributed by atoms with Crippen LogP contribution in [-0.2, 0) is 19.6 Å². The first kappa shape index (κ1) is 24.6. The van der Waals surface area contributed by atoms with Crippen LogP contribution in [0, 0.1) is 0 Å². The molecule has 0 aromatic heterocycles. The molecule has 1 aromatic carbocycles. The average Bonchev–Trinajstić information content (AvgIpc) is 2.95. The van der Waals surface area contributed by atoms with Gasteiger partial charge in [-0.25, -0.2) is 0 Å². The maximum absolute atomic E-state index is 11.7. The number of hydrogen-bond donors (Lipinski definition) is 1. The van der Waals surface area contributed by atoms with Crippen molar-refractivity contribution >= 4 is 18.3 Å². The van der Waals surface area contributed by atoms with Crippen molar-refractivity contribution in [2.24, 2.45) is 0 Å². The lowest BCUT2D eigenvalue weighted by Crippen LogP contribution is -2.45. The first-order chi connectivity index (χ1) is 14.5. The predicted molar refractivity (Wildman–Crippen MR) is 128 cm³/mol. The van der Waals surface area contributed by atoms with E-state index in [2.05, 4.69) is 71.6 Å². The van der Waals surface area contributed by atoms with Gasteiger partial charge in [-0.1, -0.05) is 39.2 Å². The van der Waals surface area contributed by atoms with Crippen LogP contribution in [0.25, 0.3) is 0 Å². The molecule has 1 aromatic rings. The molecule has 2 aliphatic rings. The van der Waals surface area contributed by atoms with Crippen molar-refractivity contribution in [1.29, 1.82) is 0 Å². The lowest BCUT2D eigenvalue weighted by atomic mass is 9.75. The van der Waals surface area contributed by atoms with E-state index in [-0.39, 0.29) is 6.04 Å². The number of nitrogens with zero attached hydrogens (tertiary/aromatic N) is 1. The molecule has 0 spiro atoms. The van der Waals surface area contributed by atoms with E-state index in [1.165, 1.54) is 0 Å². The standard InChI is InChI=1S/C25H42BNO4/c1-8-10-11-12-25(28,9-2)20-15-21(26-30-23(4,5)24(6,7)31-26)17-22(16-20)27-13-14-29-18-19(27)3/h15-17,19,28H,8-14,18H2,1-7H3/t19?,25-/m1/s1. The quantitative estimate of drug-likeness (QED) is 0.489. The molecule has 174 valence electrons. The smallest absolute Gasteiger partial charge is 0.399 e. The fraction of sp³-hybridized carbons (Fsp3) is 0.760. The summed E-state index contributed by atoms with van der Waals surface area (Å²) < 4.78 is 18.4. The summed E-state index contributed by atoms with van der Waals surface area (Å²) in [6, 6.07) is 6.73. The minimum absolute atomic E-state index is 0.282. The topological polar surface area (TPSA) is 51.2 Å². The SMILES string of the molecule is CCCCC[C@](O)(CC)c1cc(B2OC(C)(C)C(C)(C)O2)cc(N2CCOCC2C)c1. The van der Waals surface area contributed by atoms with Crippen LogP contribution < -0.4 is 10.4 Å². The summed E-state index contributed by atoms with van der Waals surface area (Å²) >= 11 is 0. The molecule has 2 saturated heterocycles. The van der Waals surface area contributed by atoms with E-state index < -0.39 is 23.9 Å². The molecule has 2 heterocycles. The Hall–Kier alpha value is -1.08. The van der Waals surface area contributed by atoms with Gasteiger partial charge in [-0.3, -0.25) is 0 Å². The zero-order valence-corrected chi connectivity index (χ0v) is 20.7. The van der Waals surface area contributed by atoms with Gasteiger partial charge in [-0.2, -0.15) is 0 Å². The number of rotatable bonds is 8. The summed E-state index contributed by atoms with van der Waals surface area (Å²) in [4.78, 5) is 2.38. The Balaban J connectivity index is 2.02. The molecule has 1 unspecified atom stereocenters. The Morgan fingerprint density at radius 3 is 2.35 bits per heavy atom. The van der Waals surface area contributed by atoms with Crippen LogP contribution in [0.1, 0.15) is 86.1 Å². The molecule has 0 bridgehead atoms. The van der Waals surface area contributed by atoms with E-state index in [9.17, 15) is 5.11 Å². The van der Waals surface area contributed by atoms with Crippen LogP contribution in [0.4, 0.5) is 5.69 Å². The van der Waals surface area contributed by atoms with E-state index >= 15 is 0 Å². The van der Waals surface area contributed by atoms with Crippen molar-refractivity contribution < 1.29 is 19.2 Å². The summed E-state index contributed by atoms with van der Waals surface area (Å²) in [5.41, 5.74) is 1.41. The van der Waals surface area contributed by atoms with Gasteiger partial charge >= 0.3 is 7.12 Å². The summed E-state index contributed by atoms with van der Waals surface area (Å²) in [7, 11) is -0.447. The van der Waals surface area contributed by atoms with Crippen molar-refractivity contribution in [3.8, 4) is 0 Å². The highest BCUT2D eigenvalue weighted by molar-refractivity contribution is 6.62. The van der Waals surface area contributed by atoms with E-state index in [4.69, 9.17) is 14.0 Å². The zero-order chi connectivity index (χ0) is 22.9. The average molecular weight is 431 g/mol. The highest BCUT2D eigenvalue weighted by Crippen LogP contribution is 2.38. The van der Waals surface area contributed by atoms with Gasteiger partial charge in [0.1, 0.15) is 0 Å². The summed E-state index contributed by atoms with van der Waals surface area (Å²) in [5.74, 6) is 0. The fourth-order valence-electron chi connectivity index (χ4n) is 4.49. The molecule has 0 aliphatic carbocycles. The Labute approximate surface area is 189 Å². The molecule has 0 radical (unpaired) electrons. The van der Waals surface area contributed by atoms with E-state index in [1.807, 2.05) is 0 Å². The van der Waals surface area contributed by atoms with Crippen LogP contribution in [0.15, 0.2) is 18.2 Å². The van der Waals surface area contributed by atoms with E-state index in [0.29, 0.717) is 13.0 Å². The number of hydrogen-bond acceptors (Lipinski definition) is 5. The maximum Gasteiger partial charge on any atom is 0.494 e. The van der Waals surface area contributed by atoms with Gasteiger partial charge in [0.15, 0.2) is 0 Å². The van der Waals surface area contributed by atoms with Gasteiger partial charge in [-0.15, -0.1) is 0 Å². The first-order valence-corrected chi connectivity index (χ1v) is 12.1. The summed E-state index contributed by atoms with van der Waals surface area (Å²) in [6.07, 6.45) is 4.74. The molecular formula is C25H42BNO4. The van der Waals surface area contributed by atoms with Gasteiger partial charge in [0, 0.05) is 18.3 Å². The summed E-state index contributed by atoms with van der Waals surface area (Å²) in [5, 5.41) is 11.7. The van der Waals surface area contributed by atoms with Crippen LogP contribution in [0.2, 0.25) is 0 Å². The molecule has 2 aliphatic heterocycles. The minimum atomic E-state index is -0.848. The normalized spacial score (nSPS) is 25.0. The highest BCUT2D eigenvalue weighted by atomic mass is 16.7. The molecule has 0 amide bonds. The number of benzene rings is 1. The predicted octanol–water partition coefficient (Wildman–Crippen LogP) is 4.39. The lowest BCUT2D eigenvalue weighted by Gasteiger charge is -2.37. The first-order valence-electron chi connectivity index (χ1n) is 12.1. The van der Waals surface area contributed by atoms with E-state index in [1.54, 1.807) is 0 Å². The monoisotopic (exact) mass is 431 g/mol. The van der Waals surface area contributed by atoms with Gasteiger partial charge in [0.25, 0.3) is 0 Å². The molecule has 6 heteroatoms. The Morgan fingerprint density at radius 2 is 1.77 bits per heavy atom. The Bertz CT molecular complexity index is 737. The third-order valence-electron chi connectivity index (χ3n) is 7.48. The number of anilines is 1. The third kappa shape index (κ3) is 5.13. The van der Waals surface area contributed by atoms with Crippen molar-refractivity contribution in [3.05, 3.63) is 23.8 Å². The number of morpholine rings is 1. The number of aliphatic hydroxyl groups is 1. The second-order valence-corrected chi connectivity index (χ2v) is 10.4. The van der Waals surface area contributed by atoms with Gasteiger partial charge < -0.3 is 24.1 Å². The third-order valence-corrected chi connectivity index (χ3v) is 7.48. The van der Waals surface area contributed by atoms with Crippen LogP contribution in [0.3, 0.4) is 0 Å². The number of unbranched alkanes of at least 4 members (excludes halogenated alkanes) is 2. The molecular weight excluding hydrogens is 389 g/mol. The molecule has 0 saturated carbocycles. The van der Waals surface area contributed by atoms with Crippen LogP contribution in [0.5, 0.6) is 0 Å². The van der Waals surface area contributed by atoms with Gasteiger partial charge in [0.2, 0.25) is 0 Å². The zero-order valence-electron chi connectivity index (χ0n) is 20.7.